The van der Waals surface area contributed by atoms with E-state index in [1.165, 1.54) is 6.07 Å². The summed E-state index contributed by atoms with van der Waals surface area (Å²) in [6.07, 6.45) is 4.36. The van der Waals surface area contributed by atoms with E-state index in [-0.39, 0.29) is 10.9 Å². The van der Waals surface area contributed by atoms with E-state index >= 15 is 0 Å². The Morgan fingerprint density at radius 2 is 2.00 bits per heavy atom. The molecule has 6 heteroatoms. The number of nitrogens with two attached hydrogens (primary N) is 2. The summed E-state index contributed by atoms with van der Waals surface area (Å²) in [5, 5.41) is 8.40. The molecule has 2 unspecified atom stereocenters. The van der Waals surface area contributed by atoms with Crippen molar-refractivity contribution < 1.29 is 8.42 Å². The van der Waals surface area contributed by atoms with Crippen molar-refractivity contribution in [3.05, 3.63) is 24.3 Å². The maximum atomic E-state index is 11.5. The molecule has 1 aliphatic rings. The van der Waals surface area contributed by atoms with Gasteiger partial charge < -0.3 is 11.1 Å². The molecule has 0 radical (unpaired) electrons. The highest BCUT2D eigenvalue weighted by Crippen LogP contribution is 2.25. The highest BCUT2D eigenvalue weighted by Gasteiger charge is 2.20. The molecule has 1 aliphatic carbocycles. The van der Waals surface area contributed by atoms with E-state index in [0.29, 0.717) is 11.6 Å². The van der Waals surface area contributed by atoms with Crippen molar-refractivity contribution in [1.82, 2.24) is 0 Å². The average Bonchev–Trinajstić information content (AvgIpc) is 2.36. The molecule has 0 aliphatic heterocycles. The highest BCUT2D eigenvalue weighted by atomic mass is 32.2. The predicted molar refractivity (Wildman–Crippen MR) is 76.2 cm³/mol. The Balaban J connectivity index is 2.04. The molecule has 0 bridgehead atoms. The molecule has 0 heterocycles. The van der Waals surface area contributed by atoms with Gasteiger partial charge in [0.05, 0.1) is 5.69 Å². The van der Waals surface area contributed by atoms with Crippen molar-refractivity contribution >= 4 is 15.7 Å². The first-order valence-corrected chi connectivity index (χ1v) is 8.12. The average molecular weight is 283 g/mol. The molecule has 5 N–H and O–H groups in total. The zero-order chi connectivity index (χ0) is 13.9. The minimum absolute atomic E-state index is 0.148. The lowest BCUT2D eigenvalue weighted by atomic mass is 9.86. The van der Waals surface area contributed by atoms with Gasteiger partial charge in [-0.3, -0.25) is 0 Å². The van der Waals surface area contributed by atoms with Gasteiger partial charge in [-0.25, -0.2) is 13.6 Å². The molecule has 19 heavy (non-hydrogen) atoms. The van der Waals surface area contributed by atoms with Gasteiger partial charge in [0.1, 0.15) is 4.90 Å². The number of hydrogen-bond acceptors (Lipinski definition) is 4. The van der Waals surface area contributed by atoms with Gasteiger partial charge >= 0.3 is 0 Å². The number of para-hydroxylation sites is 1. The molecule has 1 aromatic carbocycles. The van der Waals surface area contributed by atoms with Crippen LogP contribution in [0.3, 0.4) is 0 Å². The molecular formula is C13H21N3O2S. The summed E-state index contributed by atoms with van der Waals surface area (Å²) in [5.74, 6) is 0.497. The smallest absolute Gasteiger partial charge is 0.240 e. The fourth-order valence-electron chi connectivity index (χ4n) is 2.63. The third kappa shape index (κ3) is 3.92. The topological polar surface area (TPSA) is 98.2 Å². The van der Waals surface area contributed by atoms with Crippen molar-refractivity contribution in [3.63, 3.8) is 0 Å². The first-order valence-electron chi connectivity index (χ1n) is 6.58. The SMILES string of the molecule is NC1CCCC(CNc2ccccc2S(N)(=O)=O)C1. The summed E-state index contributed by atoms with van der Waals surface area (Å²) in [7, 11) is -3.68. The summed E-state index contributed by atoms with van der Waals surface area (Å²) in [6, 6.07) is 6.99. The van der Waals surface area contributed by atoms with Crippen LogP contribution in [0, 0.1) is 5.92 Å². The maximum Gasteiger partial charge on any atom is 0.240 e. The maximum absolute atomic E-state index is 11.5. The second-order valence-electron chi connectivity index (χ2n) is 5.21. The van der Waals surface area contributed by atoms with E-state index in [2.05, 4.69) is 5.32 Å². The van der Waals surface area contributed by atoms with Gasteiger partial charge in [0.15, 0.2) is 0 Å². The quantitative estimate of drug-likeness (QED) is 0.775. The van der Waals surface area contributed by atoms with Crippen molar-refractivity contribution in [2.75, 3.05) is 11.9 Å². The molecule has 1 saturated carbocycles. The van der Waals surface area contributed by atoms with Gasteiger partial charge in [0.25, 0.3) is 0 Å². The minimum atomic E-state index is -3.68. The summed E-state index contributed by atoms with van der Waals surface area (Å²) >= 11 is 0. The number of hydrogen-bond donors (Lipinski definition) is 3. The first-order chi connectivity index (χ1) is 8.97. The van der Waals surface area contributed by atoms with Crippen molar-refractivity contribution in [1.29, 1.82) is 0 Å². The number of rotatable bonds is 4. The predicted octanol–water partition coefficient (Wildman–Crippen LogP) is 1.26. The summed E-state index contributed by atoms with van der Waals surface area (Å²) in [4.78, 5) is 0.148. The number of benzene rings is 1. The molecule has 0 amide bonds. The fourth-order valence-corrected chi connectivity index (χ4v) is 3.35. The molecule has 1 aromatic rings. The summed E-state index contributed by atoms with van der Waals surface area (Å²) < 4.78 is 22.9. The normalized spacial score (nSPS) is 24.1. The van der Waals surface area contributed by atoms with E-state index in [0.717, 1.165) is 32.2 Å². The molecule has 1 fully saturated rings. The van der Waals surface area contributed by atoms with Crippen LogP contribution in [0.5, 0.6) is 0 Å². The van der Waals surface area contributed by atoms with E-state index in [4.69, 9.17) is 10.9 Å². The molecule has 5 nitrogen and oxygen atoms in total. The van der Waals surface area contributed by atoms with Crippen LogP contribution >= 0.6 is 0 Å². The number of primary sulfonamides is 1. The zero-order valence-electron chi connectivity index (χ0n) is 10.9. The largest absolute Gasteiger partial charge is 0.384 e. The lowest BCUT2D eigenvalue weighted by molar-refractivity contribution is 0.335. The van der Waals surface area contributed by atoms with Gasteiger partial charge in [-0.2, -0.15) is 0 Å². The van der Waals surface area contributed by atoms with Crippen LogP contribution in [0.25, 0.3) is 0 Å². The number of anilines is 1. The Labute approximate surface area is 114 Å². The molecule has 0 saturated heterocycles. The van der Waals surface area contributed by atoms with Gasteiger partial charge in [0.2, 0.25) is 10.0 Å². The minimum Gasteiger partial charge on any atom is -0.384 e. The van der Waals surface area contributed by atoms with Crippen LogP contribution < -0.4 is 16.2 Å². The van der Waals surface area contributed by atoms with E-state index in [1.807, 2.05) is 0 Å². The Morgan fingerprint density at radius 3 is 2.68 bits per heavy atom. The lowest BCUT2D eigenvalue weighted by Crippen LogP contribution is -2.31. The Morgan fingerprint density at radius 1 is 1.26 bits per heavy atom. The van der Waals surface area contributed by atoms with Gasteiger partial charge in [-0.15, -0.1) is 0 Å². The third-order valence-corrected chi connectivity index (χ3v) is 4.57. The van der Waals surface area contributed by atoms with Gasteiger partial charge in [-0.05, 0) is 37.3 Å². The van der Waals surface area contributed by atoms with E-state index in [9.17, 15) is 8.42 Å². The molecular weight excluding hydrogens is 262 g/mol. The standard InChI is InChI=1S/C13H21N3O2S/c14-11-5-3-4-10(8-11)9-16-12-6-1-2-7-13(12)19(15,17)18/h1-2,6-7,10-11,16H,3-5,8-9,14H2,(H2,15,17,18). The number of sulfonamides is 1. The van der Waals surface area contributed by atoms with Crippen molar-refractivity contribution in [2.45, 2.75) is 36.6 Å². The second kappa shape index (κ2) is 5.90. The Kier molecular flexibility index (Phi) is 4.44. The Bertz CT molecular complexity index is 530. The first kappa shape index (κ1) is 14.3. The van der Waals surface area contributed by atoms with Crippen LogP contribution in [0.4, 0.5) is 5.69 Å². The van der Waals surface area contributed by atoms with E-state index < -0.39 is 10.0 Å². The van der Waals surface area contributed by atoms with Crippen LogP contribution in [0.15, 0.2) is 29.2 Å². The second-order valence-corrected chi connectivity index (χ2v) is 6.74. The summed E-state index contributed by atoms with van der Waals surface area (Å²) in [6.45, 7) is 0.736. The fraction of sp³-hybridized carbons (Fsp3) is 0.538. The molecule has 0 aromatic heterocycles. The molecule has 106 valence electrons. The van der Waals surface area contributed by atoms with E-state index in [1.54, 1.807) is 18.2 Å². The van der Waals surface area contributed by atoms with Gasteiger partial charge in [-0.1, -0.05) is 18.6 Å². The highest BCUT2D eigenvalue weighted by molar-refractivity contribution is 7.89. The lowest BCUT2D eigenvalue weighted by Gasteiger charge is -2.27. The Hall–Kier alpha value is -1.11. The summed E-state index contributed by atoms with van der Waals surface area (Å²) in [5.41, 5.74) is 6.52. The van der Waals surface area contributed by atoms with Crippen molar-refractivity contribution in [2.24, 2.45) is 16.8 Å². The van der Waals surface area contributed by atoms with Crippen LogP contribution in [-0.4, -0.2) is 21.0 Å². The zero-order valence-corrected chi connectivity index (χ0v) is 11.7. The van der Waals surface area contributed by atoms with Crippen LogP contribution in [0.1, 0.15) is 25.7 Å². The molecule has 2 atom stereocenters. The third-order valence-electron chi connectivity index (χ3n) is 3.60. The monoisotopic (exact) mass is 283 g/mol. The molecule has 0 spiro atoms. The van der Waals surface area contributed by atoms with Gasteiger partial charge in [0, 0.05) is 12.6 Å². The van der Waals surface area contributed by atoms with Crippen LogP contribution in [-0.2, 0) is 10.0 Å². The number of nitrogens with one attached hydrogen (secondary N) is 1. The van der Waals surface area contributed by atoms with Crippen molar-refractivity contribution in [3.8, 4) is 0 Å². The van der Waals surface area contributed by atoms with Crippen LogP contribution in [0.2, 0.25) is 0 Å². The molecule has 2 rings (SSSR count).